The van der Waals surface area contributed by atoms with E-state index in [-0.39, 0.29) is 42.0 Å². The summed E-state index contributed by atoms with van der Waals surface area (Å²) in [7, 11) is 0. The first-order valence-electron chi connectivity index (χ1n) is 8.18. The number of hydrogen-bond donors (Lipinski definition) is 1. The SMILES string of the molecule is CC(C)N(Cc1ccc([N+](=O)[O-])cc1)C(=O)C1CCCC(N)C1.Cl. The van der Waals surface area contributed by atoms with Gasteiger partial charge in [0.05, 0.1) is 4.92 Å². The minimum Gasteiger partial charge on any atom is -0.336 e. The van der Waals surface area contributed by atoms with Gasteiger partial charge in [-0.2, -0.15) is 0 Å². The van der Waals surface area contributed by atoms with Gasteiger partial charge in [0, 0.05) is 36.7 Å². The Labute approximate surface area is 149 Å². The molecule has 2 atom stereocenters. The van der Waals surface area contributed by atoms with Gasteiger partial charge in [0.25, 0.3) is 5.69 Å². The summed E-state index contributed by atoms with van der Waals surface area (Å²) in [5, 5.41) is 10.7. The molecule has 1 amide bonds. The lowest BCUT2D eigenvalue weighted by Crippen LogP contribution is -2.43. The first-order valence-corrected chi connectivity index (χ1v) is 8.18. The summed E-state index contributed by atoms with van der Waals surface area (Å²) in [5.74, 6) is 0.146. The summed E-state index contributed by atoms with van der Waals surface area (Å²) in [6.07, 6.45) is 3.65. The van der Waals surface area contributed by atoms with Gasteiger partial charge in [-0.05, 0) is 38.7 Å². The van der Waals surface area contributed by atoms with E-state index in [2.05, 4.69) is 0 Å². The molecule has 1 aromatic rings. The third-order valence-electron chi connectivity index (χ3n) is 4.47. The molecule has 0 aliphatic heterocycles. The smallest absolute Gasteiger partial charge is 0.269 e. The van der Waals surface area contributed by atoms with E-state index in [0.29, 0.717) is 6.54 Å². The van der Waals surface area contributed by atoms with Crippen LogP contribution >= 0.6 is 12.4 Å². The molecule has 0 spiro atoms. The van der Waals surface area contributed by atoms with E-state index < -0.39 is 4.92 Å². The number of nitrogens with zero attached hydrogens (tertiary/aromatic N) is 2. The second-order valence-electron chi connectivity index (χ2n) is 6.61. The Kier molecular flexibility index (Phi) is 7.63. The van der Waals surface area contributed by atoms with Crippen LogP contribution in [0.3, 0.4) is 0 Å². The summed E-state index contributed by atoms with van der Waals surface area (Å²) < 4.78 is 0. The molecule has 1 saturated carbocycles. The maximum Gasteiger partial charge on any atom is 0.269 e. The van der Waals surface area contributed by atoms with E-state index >= 15 is 0 Å². The number of hydrogen-bond acceptors (Lipinski definition) is 4. The minimum atomic E-state index is -0.418. The van der Waals surface area contributed by atoms with Crippen molar-refractivity contribution in [3.8, 4) is 0 Å². The van der Waals surface area contributed by atoms with Gasteiger partial charge in [-0.3, -0.25) is 14.9 Å². The number of amides is 1. The fraction of sp³-hybridized carbons (Fsp3) is 0.588. The van der Waals surface area contributed by atoms with Crippen molar-refractivity contribution in [1.82, 2.24) is 4.90 Å². The number of carbonyl (C=O) groups is 1. The largest absolute Gasteiger partial charge is 0.336 e. The van der Waals surface area contributed by atoms with Crippen LogP contribution in [0.25, 0.3) is 0 Å². The number of non-ortho nitro benzene ring substituents is 1. The van der Waals surface area contributed by atoms with Crippen LogP contribution in [0.15, 0.2) is 24.3 Å². The third-order valence-corrected chi connectivity index (χ3v) is 4.47. The average molecular weight is 356 g/mol. The normalized spacial score (nSPS) is 20.3. The van der Waals surface area contributed by atoms with Crippen LogP contribution in [0, 0.1) is 16.0 Å². The summed E-state index contributed by atoms with van der Waals surface area (Å²) >= 11 is 0. The van der Waals surface area contributed by atoms with Crippen LogP contribution in [0.5, 0.6) is 0 Å². The predicted octanol–water partition coefficient (Wildman–Crippen LogP) is 3.27. The molecule has 0 bridgehead atoms. The Balaban J connectivity index is 0.00000288. The monoisotopic (exact) mass is 355 g/mol. The van der Waals surface area contributed by atoms with Gasteiger partial charge in [0.15, 0.2) is 0 Å². The zero-order chi connectivity index (χ0) is 17.0. The lowest BCUT2D eigenvalue weighted by molar-refractivity contribution is -0.384. The summed E-state index contributed by atoms with van der Waals surface area (Å²) in [6, 6.07) is 6.59. The second-order valence-corrected chi connectivity index (χ2v) is 6.61. The number of rotatable bonds is 5. The summed E-state index contributed by atoms with van der Waals surface area (Å²) in [4.78, 5) is 25.0. The standard InChI is InChI=1S/C17H25N3O3.ClH/c1-12(2)19(17(21)14-4-3-5-15(18)10-14)11-13-6-8-16(9-7-13)20(22)23;/h6-9,12,14-15H,3-5,10-11,18H2,1-2H3;1H. The van der Waals surface area contributed by atoms with Gasteiger partial charge in [-0.25, -0.2) is 0 Å². The highest BCUT2D eigenvalue weighted by atomic mass is 35.5. The molecule has 1 aliphatic rings. The maximum atomic E-state index is 12.8. The third kappa shape index (κ3) is 5.18. The minimum absolute atomic E-state index is 0. The first kappa shape index (κ1) is 20.4. The number of nitrogens with two attached hydrogens (primary N) is 1. The van der Waals surface area contributed by atoms with Crippen molar-refractivity contribution in [3.63, 3.8) is 0 Å². The van der Waals surface area contributed by atoms with Crippen molar-refractivity contribution in [2.24, 2.45) is 11.7 Å². The van der Waals surface area contributed by atoms with E-state index in [4.69, 9.17) is 5.73 Å². The Hall–Kier alpha value is -1.66. The lowest BCUT2D eigenvalue weighted by atomic mass is 9.85. The quantitative estimate of drug-likeness (QED) is 0.648. The molecule has 0 aromatic heterocycles. The molecule has 2 unspecified atom stereocenters. The first-order chi connectivity index (χ1) is 10.9. The predicted molar refractivity (Wildman–Crippen MR) is 96.0 cm³/mol. The highest BCUT2D eigenvalue weighted by molar-refractivity contribution is 5.85. The van der Waals surface area contributed by atoms with Gasteiger partial charge < -0.3 is 10.6 Å². The molecule has 2 N–H and O–H groups in total. The van der Waals surface area contributed by atoms with Gasteiger partial charge >= 0.3 is 0 Å². The van der Waals surface area contributed by atoms with Gasteiger partial charge in [-0.1, -0.05) is 18.6 Å². The Morgan fingerprint density at radius 2 is 1.96 bits per heavy atom. The van der Waals surface area contributed by atoms with Crippen molar-refractivity contribution < 1.29 is 9.72 Å². The van der Waals surface area contributed by atoms with E-state index in [9.17, 15) is 14.9 Å². The molecule has 134 valence electrons. The Morgan fingerprint density at radius 1 is 1.33 bits per heavy atom. The zero-order valence-corrected chi connectivity index (χ0v) is 15.0. The van der Waals surface area contributed by atoms with Crippen molar-refractivity contribution in [2.75, 3.05) is 0 Å². The van der Waals surface area contributed by atoms with Crippen molar-refractivity contribution in [3.05, 3.63) is 39.9 Å². The fourth-order valence-corrected chi connectivity index (χ4v) is 3.12. The van der Waals surface area contributed by atoms with Gasteiger partial charge in [0.1, 0.15) is 0 Å². The van der Waals surface area contributed by atoms with Crippen molar-refractivity contribution in [2.45, 2.75) is 58.2 Å². The van der Waals surface area contributed by atoms with Crippen LogP contribution in [-0.4, -0.2) is 27.8 Å². The highest BCUT2D eigenvalue weighted by Gasteiger charge is 2.30. The highest BCUT2D eigenvalue weighted by Crippen LogP contribution is 2.26. The fourth-order valence-electron chi connectivity index (χ4n) is 3.12. The number of nitro benzene ring substituents is 1. The van der Waals surface area contributed by atoms with E-state index in [1.165, 1.54) is 12.1 Å². The topological polar surface area (TPSA) is 89.5 Å². The molecule has 7 heteroatoms. The van der Waals surface area contributed by atoms with Crippen LogP contribution in [0.4, 0.5) is 5.69 Å². The number of carbonyl (C=O) groups excluding carboxylic acids is 1. The second kappa shape index (κ2) is 8.99. The molecule has 1 aromatic carbocycles. The summed E-state index contributed by atoms with van der Waals surface area (Å²) in [5.41, 5.74) is 6.97. The molecule has 0 radical (unpaired) electrons. The molecule has 24 heavy (non-hydrogen) atoms. The van der Waals surface area contributed by atoms with Crippen LogP contribution in [0.2, 0.25) is 0 Å². The average Bonchev–Trinajstić information content (AvgIpc) is 2.52. The van der Waals surface area contributed by atoms with Crippen LogP contribution in [-0.2, 0) is 11.3 Å². The number of nitro groups is 1. The van der Waals surface area contributed by atoms with E-state index in [0.717, 1.165) is 31.2 Å². The zero-order valence-electron chi connectivity index (χ0n) is 14.2. The lowest BCUT2D eigenvalue weighted by Gasteiger charge is -2.34. The molecule has 6 nitrogen and oxygen atoms in total. The van der Waals surface area contributed by atoms with E-state index in [1.807, 2.05) is 18.7 Å². The molecule has 0 saturated heterocycles. The van der Waals surface area contributed by atoms with E-state index in [1.54, 1.807) is 12.1 Å². The molecule has 0 heterocycles. The Bertz CT molecular complexity index is 563. The van der Waals surface area contributed by atoms with Crippen molar-refractivity contribution in [1.29, 1.82) is 0 Å². The maximum absolute atomic E-state index is 12.8. The number of halogens is 1. The molecule has 1 fully saturated rings. The van der Waals surface area contributed by atoms with Gasteiger partial charge in [0.2, 0.25) is 5.91 Å². The van der Waals surface area contributed by atoms with Gasteiger partial charge in [-0.15, -0.1) is 12.4 Å². The molecular formula is C17H26ClN3O3. The summed E-state index contributed by atoms with van der Waals surface area (Å²) in [6.45, 7) is 4.46. The Morgan fingerprint density at radius 3 is 2.46 bits per heavy atom. The van der Waals surface area contributed by atoms with Crippen LogP contribution < -0.4 is 5.73 Å². The number of benzene rings is 1. The van der Waals surface area contributed by atoms with Crippen LogP contribution in [0.1, 0.15) is 45.1 Å². The molecule has 1 aliphatic carbocycles. The molecular weight excluding hydrogens is 330 g/mol. The van der Waals surface area contributed by atoms with Crippen molar-refractivity contribution >= 4 is 24.0 Å². The molecule has 2 rings (SSSR count).